The van der Waals surface area contributed by atoms with E-state index in [1.165, 1.54) is 0 Å². The molecule has 2 nitrogen and oxygen atoms in total. The van der Waals surface area contributed by atoms with Crippen molar-refractivity contribution in [3.8, 4) is 0 Å². The average Bonchev–Trinajstić information content (AvgIpc) is 2.24. The predicted octanol–water partition coefficient (Wildman–Crippen LogP) is 3.91. The number of alkyl halides is 6. The van der Waals surface area contributed by atoms with E-state index >= 15 is 0 Å². The first-order chi connectivity index (χ1) is 9.01. The van der Waals surface area contributed by atoms with Crippen molar-refractivity contribution in [2.24, 2.45) is 0 Å². The largest absolute Gasteiger partial charge is 0.481 e. The van der Waals surface area contributed by atoms with Crippen molar-refractivity contribution in [3.05, 3.63) is 35.4 Å². The number of aliphatic carboxylic acids is 1. The van der Waals surface area contributed by atoms with Gasteiger partial charge >= 0.3 is 18.3 Å². The molecule has 0 atom stereocenters. The van der Waals surface area contributed by atoms with Gasteiger partial charge in [-0.05, 0) is 17.5 Å². The summed E-state index contributed by atoms with van der Waals surface area (Å²) in [4.78, 5) is 10.3. The van der Waals surface area contributed by atoms with Crippen molar-refractivity contribution >= 4 is 5.97 Å². The number of halogens is 6. The van der Waals surface area contributed by atoms with Gasteiger partial charge in [0, 0.05) is 6.42 Å². The molecule has 0 aromatic heterocycles. The summed E-state index contributed by atoms with van der Waals surface area (Å²) in [5, 5.41) is 8.43. The van der Waals surface area contributed by atoms with Crippen molar-refractivity contribution in [1.82, 2.24) is 0 Å². The minimum atomic E-state index is -5.43. The van der Waals surface area contributed by atoms with Gasteiger partial charge in [0.1, 0.15) is 0 Å². The summed E-state index contributed by atoms with van der Waals surface area (Å²) >= 11 is 0. The lowest BCUT2D eigenvalue weighted by atomic mass is 9.96. The summed E-state index contributed by atoms with van der Waals surface area (Å²) in [5.41, 5.74) is -0.552. The highest BCUT2D eigenvalue weighted by atomic mass is 19.4. The van der Waals surface area contributed by atoms with Gasteiger partial charge in [-0.3, -0.25) is 4.79 Å². The zero-order valence-corrected chi connectivity index (χ0v) is 9.92. The highest BCUT2D eigenvalue weighted by Gasteiger charge is 2.57. The molecule has 1 aromatic rings. The van der Waals surface area contributed by atoms with Crippen LogP contribution in [0.2, 0.25) is 0 Å². The molecule has 0 heterocycles. The molecule has 0 amide bonds. The van der Waals surface area contributed by atoms with Gasteiger partial charge in [0.05, 0.1) is 0 Å². The summed E-state index contributed by atoms with van der Waals surface area (Å²) in [7, 11) is 0. The van der Waals surface area contributed by atoms with E-state index < -0.39 is 29.8 Å². The van der Waals surface area contributed by atoms with E-state index in [2.05, 4.69) is 0 Å². The fourth-order valence-corrected chi connectivity index (χ4v) is 1.69. The van der Waals surface area contributed by atoms with Crippen molar-refractivity contribution in [2.45, 2.75) is 31.1 Å². The lowest BCUT2D eigenvalue weighted by Crippen LogP contribution is -2.34. The Hall–Kier alpha value is -1.73. The van der Waals surface area contributed by atoms with E-state index in [0.29, 0.717) is 5.56 Å². The van der Waals surface area contributed by atoms with Crippen LogP contribution in [0.25, 0.3) is 0 Å². The van der Waals surface area contributed by atoms with E-state index in [0.717, 1.165) is 24.3 Å². The summed E-state index contributed by atoms with van der Waals surface area (Å²) in [6.07, 6.45) is -11.1. The van der Waals surface area contributed by atoms with Crippen LogP contribution in [0.15, 0.2) is 24.3 Å². The van der Waals surface area contributed by atoms with Crippen molar-refractivity contribution in [1.29, 1.82) is 0 Å². The molecule has 0 radical (unpaired) electrons. The van der Waals surface area contributed by atoms with Crippen molar-refractivity contribution in [3.63, 3.8) is 0 Å². The standard InChI is InChI=1S/C12H10F6O2/c13-11(14,15)10(12(16,17)18)8-4-1-7(2-5-8)3-6-9(19)20/h1-2,4-5,10H,3,6H2,(H,19,20). The van der Waals surface area contributed by atoms with Gasteiger partial charge in [-0.15, -0.1) is 0 Å². The second kappa shape index (κ2) is 5.72. The maximum absolute atomic E-state index is 12.5. The first kappa shape index (κ1) is 16.3. The zero-order valence-electron chi connectivity index (χ0n) is 9.92. The summed E-state index contributed by atoms with van der Waals surface area (Å²) in [6.45, 7) is 0. The third-order valence-corrected chi connectivity index (χ3v) is 2.60. The molecule has 0 fully saturated rings. The van der Waals surface area contributed by atoms with E-state index in [4.69, 9.17) is 5.11 Å². The minimum absolute atomic E-state index is 0.0400. The number of benzene rings is 1. The van der Waals surface area contributed by atoms with E-state index in [-0.39, 0.29) is 12.8 Å². The molecule has 0 aliphatic carbocycles. The van der Waals surface area contributed by atoms with Gasteiger partial charge in [0.25, 0.3) is 0 Å². The SMILES string of the molecule is O=C(O)CCc1ccc(C(C(F)(F)F)C(F)(F)F)cc1. The molecule has 0 unspecified atom stereocenters. The Morgan fingerprint density at radius 3 is 1.80 bits per heavy atom. The Balaban J connectivity index is 2.97. The molecule has 0 aliphatic rings. The first-order valence-corrected chi connectivity index (χ1v) is 5.46. The van der Waals surface area contributed by atoms with Crippen molar-refractivity contribution < 1.29 is 36.2 Å². The lowest BCUT2D eigenvalue weighted by molar-refractivity contribution is -0.253. The Morgan fingerprint density at radius 2 is 1.45 bits per heavy atom. The van der Waals surface area contributed by atoms with Gasteiger partial charge in [0.2, 0.25) is 0 Å². The maximum Gasteiger partial charge on any atom is 0.404 e. The molecule has 20 heavy (non-hydrogen) atoms. The van der Waals surface area contributed by atoms with Crippen LogP contribution in [0.3, 0.4) is 0 Å². The van der Waals surface area contributed by atoms with E-state index in [1.807, 2.05) is 0 Å². The first-order valence-electron chi connectivity index (χ1n) is 5.46. The number of carboxylic acid groups (broad SMARTS) is 1. The maximum atomic E-state index is 12.5. The van der Waals surface area contributed by atoms with Gasteiger partial charge in [0.15, 0.2) is 5.92 Å². The second-order valence-corrected chi connectivity index (χ2v) is 4.15. The molecule has 0 saturated carbocycles. The van der Waals surface area contributed by atoms with Crippen molar-refractivity contribution in [2.75, 3.05) is 0 Å². The summed E-state index contributed by atoms with van der Waals surface area (Å²) in [6, 6.07) is 3.59. The molecule has 0 bridgehead atoms. The summed E-state index contributed by atoms with van der Waals surface area (Å²) in [5.74, 6) is -4.64. The van der Waals surface area contributed by atoms with E-state index in [9.17, 15) is 31.1 Å². The quantitative estimate of drug-likeness (QED) is 0.856. The highest BCUT2D eigenvalue weighted by Crippen LogP contribution is 2.46. The lowest BCUT2D eigenvalue weighted by Gasteiger charge is -2.23. The van der Waals surface area contributed by atoms with Crippen LogP contribution < -0.4 is 0 Å². The second-order valence-electron chi connectivity index (χ2n) is 4.15. The number of hydrogen-bond donors (Lipinski definition) is 1. The number of carbonyl (C=O) groups is 1. The molecule has 0 aliphatic heterocycles. The molecule has 1 aromatic carbocycles. The van der Waals surface area contributed by atoms with Crippen LogP contribution >= 0.6 is 0 Å². The zero-order chi connectivity index (χ0) is 15.6. The minimum Gasteiger partial charge on any atom is -0.481 e. The molecule has 1 rings (SSSR count). The molecule has 112 valence electrons. The highest BCUT2D eigenvalue weighted by molar-refractivity contribution is 5.67. The number of rotatable bonds is 4. The van der Waals surface area contributed by atoms with Crippen LogP contribution in [-0.4, -0.2) is 23.4 Å². The monoisotopic (exact) mass is 300 g/mol. The van der Waals surface area contributed by atoms with Crippen LogP contribution in [0.4, 0.5) is 26.3 Å². The van der Waals surface area contributed by atoms with Gasteiger partial charge in [-0.1, -0.05) is 24.3 Å². The normalized spacial score (nSPS) is 12.8. The topological polar surface area (TPSA) is 37.3 Å². The smallest absolute Gasteiger partial charge is 0.404 e. The molecule has 8 heteroatoms. The van der Waals surface area contributed by atoms with Gasteiger partial charge < -0.3 is 5.11 Å². The van der Waals surface area contributed by atoms with Gasteiger partial charge in [-0.25, -0.2) is 0 Å². The summed E-state index contributed by atoms with van der Waals surface area (Å²) < 4.78 is 74.8. The Morgan fingerprint density at radius 1 is 1.00 bits per heavy atom. The average molecular weight is 300 g/mol. The Bertz CT molecular complexity index is 446. The van der Waals surface area contributed by atoms with E-state index in [1.54, 1.807) is 0 Å². The molecular formula is C12H10F6O2. The van der Waals surface area contributed by atoms with Crippen LogP contribution in [0, 0.1) is 0 Å². The number of carboxylic acids is 1. The molecule has 1 N–H and O–H groups in total. The molecule has 0 spiro atoms. The third kappa shape index (κ3) is 4.43. The molecule has 0 saturated heterocycles. The van der Waals surface area contributed by atoms with Crippen LogP contribution in [-0.2, 0) is 11.2 Å². The number of aryl methyl sites for hydroxylation is 1. The number of hydrogen-bond acceptors (Lipinski definition) is 1. The Kier molecular flexibility index (Phi) is 4.67. The fourth-order valence-electron chi connectivity index (χ4n) is 1.69. The predicted molar refractivity (Wildman–Crippen MR) is 57.2 cm³/mol. The van der Waals surface area contributed by atoms with Gasteiger partial charge in [-0.2, -0.15) is 26.3 Å². The fraction of sp³-hybridized carbons (Fsp3) is 0.417. The Labute approximate surface area is 110 Å². The van der Waals surface area contributed by atoms with Crippen LogP contribution in [0.5, 0.6) is 0 Å². The molecular weight excluding hydrogens is 290 g/mol. The van der Waals surface area contributed by atoms with Crippen LogP contribution in [0.1, 0.15) is 23.5 Å². The third-order valence-electron chi connectivity index (χ3n) is 2.60.